The second-order valence-corrected chi connectivity index (χ2v) is 0.0833. The molecule has 0 aromatic heterocycles. The van der Waals surface area contributed by atoms with Crippen LogP contribution in [0.3, 0.4) is 0 Å². The van der Waals surface area contributed by atoms with Crippen molar-refractivity contribution in [3.8, 4) is 0 Å². The van der Waals surface area contributed by atoms with Gasteiger partial charge in [-0.3, -0.25) is 10.1 Å². The van der Waals surface area contributed by atoms with Crippen molar-refractivity contribution in [2.45, 2.75) is 0 Å². The van der Waals surface area contributed by atoms with E-state index >= 15 is 0 Å². The van der Waals surface area contributed by atoms with E-state index in [-0.39, 0.29) is 39.3 Å². The van der Waals surface area contributed by atoms with Gasteiger partial charge in [-0.15, -0.1) is 34.0 Å². The van der Waals surface area contributed by atoms with Gasteiger partial charge >= 0.3 is 0 Å². The number of hydrogen-bond acceptors (Lipinski definition) is 2. The molecule has 3 nitrogen and oxygen atoms in total. The van der Waals surface area contributed by atoms with Crippen LogP contribution in [0, 0.1) is 10.1 Å². The fraction of sp³-hybridized carbons (Fsp3) is 0. The first-order valence-electron chi connectivity index (χ1n) is 0.408. The Morgan fingerprint density at radius 2 is 1.40 bits per heavy atom. The summed E-state index contributed by atoms with van der Waals surface area (Å²) >= 11 is 0. The van der Waals surface area contributed by atoms with Gasteiger partial charge in [0.2, 0.25) is 0 Å². The van der Waals surface area contributed by atoms with E-state index in [4.69, 9.17) is 10.1 Å². The van der Waals surface area contributed by atoms with Crippen LogP contribution in [0.4, 0.5) is 0 Å². The molecule has 0 aliphatic rings. The van der Waals surface area contributed by atoms with Gasteiger partial charge in [0, 0.05) is 5.34 Å². The minimum absolute atomic E-state index is 0. The number of nitrogens with one attached hydrogen (secondary N) is 1. The van der Waals surface area contributed by atoms with Crippen molar-refractivity contribution in [1.82, 2.24) is 0 Å². The molecule has 1 N–H and O–H groups in total. The molecule has 0 fully saturated rings. The summed E-state index contributed by atoms with van der Waals surface area (Å²) in [4.78, 5) is 8.12. The molecule has 0 amide bonds. The normalized spacial score (nSPS) is 2.40. The molecule has 5 heteroatoms. The zero-order valence-corrected chi connectivity index (χ0v) is 5.56. The van der Waals surface area contributed by atoms with E-state index in [0.717, 1.165) is 0 Å². The maximum Gasteiger partial charge on any atom is 0.00366 e. The maximum atomic E-state index is 8.12. The van der Waals surface area contributed by atoms with Crippen molar-refractivity contribution in [1.29, 1.82) is 0 Å². The second kappa shape index (κ2) is 26.6. The second-order valence-electron chi connectivity index (χ2n) is 0.0833. The summed E-state index contributed by atoms with van der Waals surface area (Å²) in [6, 6.07) is 0. The minimum Gasteiger partial charge on any atom is -0.267 e. The average Bonchev–Trinajstić information content (AvgIpc) is 0.918. The Hall–Kier alpha value is 0.360. The van der Waals surface area contributed by atoms with Crippen molar-refractivity contribution in [2.75, 3.05) is 0 Å². The van der Waals surface area contributed by atoms with Crippen LogP contribution < -0.4 is 5.34 Å². The van der Waals surface area contributed by atoms with Gasteiger partial charge < -0.3 is 0 Å². The molecule has 0 aliphatic heterocycles. The molecular weight excluding hydrogens is 206 g/mol. The highest BCUT2D eigenvalue weighted by Crippen LogP contribution is 0.847. The predicted molar refractivity (Wildman–Crippen MR) is 28.3 cm³/mol. The van der Waals surface area contributed by atoms with E-state index in [2.05, 4.69) is 0 Å². The maximum absolute atomic E-state index is 8.12. The highest BCUT2D eigenvalue weighted by molar-refractivity contribution is 8.93. The summed E-state index contributed by atoms with van der Waals surface area (Å²) in [5.41, 5.74) is 0. The molecular formula is H3Br2NO2. The van der Waals surface area contributed by atoms with E-state index in [1.807, 2.05) is 0 Å². The molecule has 34 valence electrons. The number of rotatable bonds is 0. The molecule has 0 radical (unpaired) electrons. The monoisotopic (exact) mass is 207 g/mol. The van der Waals surface area contributed by atoms with Crippen LogP contribution in [0.25, 0.3) is 0 Å². The summed E-state index contributed by atoms with van der Waals surface area (Å²) < 4.78 is 0. The van der Waals surface area contributed by atoms with Crippen LogP contribution in [-0.2, 0) is 0 Å². The SMILES string of the molecule is Br.Br.O=[NH+][O-]. The molecule has 0 unspecified atom stereocenters. The third-order valence-electron chi connectivity index (χ3n) is 0. The van der Waals surface area contributed by atoms with Crippen LogP contribution in [0.1, 0.15) is 0 Å². The summed E-state index contributed by atoms with van der Waals surface area (Å²) in [6.07, 6.45) is 0. The largest absolute Gasteiger partial charge is 0.267 e. The molecule has 0 atom stereocenters. The van der Waals surface area contributed by atoms with Crippen molar-refractivity contribution in [3.63, 3.8) is 0 Å². The van der Waals surface area contributed by atoms with Gasteiger partial charge in [0.1, 0.15) is 0 Å². The van der Waals surface area contributed by atoms with Gasteiger partial charge in [-0.2, -0.15) is 0 Å². The summed E-state index contributed by atoms with van der Waals surface area (Å²) in [6.45, 7) is 0. The number of halogens is 2. The molecule has 0 spiro atoms. The first-order valence-corrected chi connectivity index (χ1v) is 0.408. The van der Waals surface area contributed by atoms with Crippen LogP contribution in [0.2, 0.25) is 0 Å². The fourth-order valence-corrected chi connectivity index (χ4v) is 0. The third kappa shape index (κ3) is 187. The predicted octanol–water partition coefficient (Wildman–Crippen LogP) is -0.513. The zero-order chi connectivity index (χ0) is 2.71. The van der Waals surface area contributed by atoms with Gasteiger partial charge in [-0.25, -0.2) is 0 Å². The lowest BCUT2D eigenvalue weighted by molar-refractivity contribution is -0.398. The smallest absolute Gasteiger partial charge is 0.00366 e. The standard InChI is InChI=1S/2BrH.HNO2/c;;2-1-3/h2*1H;1H. The highest BCUT2D eigenvalue weighted by Gasteiger charge is 1.10. The zero-order valence-electron chi connectivity index (χ0n) is 2.13. The Bertz CT molecular complexity index is 15.1. The lowest BCUT2D eigenvalue weighted by atomic mass is 13.4. The lowest BCUT2D eigenvalue weighted by Gasteiger charge is -1.36. The third-order valence-corrected chi connectivity index (χ3v) is 0. The van der Waals surface area contributed by atoms with E-state index in [0.29, 0.717) is 0 Å². The van der Waals surface area contributed by atoms with E-state index in [1.165, 1.54) is 0 Å². The van der Waals surface area contributed by atoms with E-state index in [9.17, 15) is 0 Å². The van der Waals surface area contributed by atoms with Crippen LogP contribution in [0.15, 0.2) is 0 Å². The van der Waals surface area contributed by atoms with Crippen LogP contribution in [-0.4, -0.2) is 0 Å². The quantitative estimate of drug-likeness (QED) is 0.431. The summed E-state index contributed by atoms with van der Waals surface area (Å²) in [5, 5.41) is 8.38. The molecule has 0 saturated heterocycles. The van der Waals surface area contributed by atoms with Gasteiger partial charge in [-0.05, 0) is 0 Å². The van der Waals surface area contributed by atoms with Crippen LogP contribution >= 0.6 is 34.0 Å². The van der Waals surface area contributed by atoms with Gasteiger partial charge in [0.25, 0.3) is 0 Å². The number of hydrogen-bond donors (Lipinski definition) is 1. The molecule has 0 rings (SSSR count). The summed E-state index contributed by atoms with van der Waals surface area (Å²) in [5.74, 6) is 0. The highest BCUT2D eigenvalue weighted by atomic mass is 79.9. The molecule has 0 heterocycles. The molecule has 0 aromatic rings. The summed E-state index contributed by atoms with van der Waals surface area (Å²) in [7, 11) is 0. The lowest BCUT2D eigenvalue weighted by Crippen LogP contribution is -2.53. The fourth-order valence-electron chi connectivity index (χ4n) is 0. The van der Waals surface area contributed by atoms with Crippen molar-refractivity contribution in [2.24, 2.45) is 0 Å². The van der Waals surface area contributed by atoms with Crippen molar-refractivity contribution < 1.29 is 5.34 Å². The average molecular weight is 209 g/mol. The Morgan fingerprint density at radius 3 is 1.40 bits per heavy atom. The Labute approximate surface area is 49.8 Å². The first-order chi connectivity index (χ1) is 1.41. The molecule has 0 aliphatic carbocycles. The van der Waals surface area contributed by atoms with Crippen molar-refractivity contribution >= 4 is 34.0 Å². The topological polar surface area (TPSA) is 54.1 Å². The Kier molecular flexibility index (Phi) is 97.4. The molecule has 5 heavy (non-hydrogen) atoms. The minimum atomic E-state index is 0. The van der Waals surface area contributed by atoms with E-state index in [1.54, 1.807) is 0 Å². The molecule has 0 bridgehead atoms. The van der Waals surface area contributed by atoms with Gasteiger partial charge in [0.05, 0.1) is 0 Å². The molecule has 0 aromatic carbocycles. The Morgan fingerprint density at radius 1 is 1.40 bits per heavy atom. The van der Waals surface area contributed by atoms with Crippen LogP contribution in [0.5, 0.6) is 0 Å². The van der Waals surface area contributed by atoms with Gasteiger partial charge in [-0.1, -0.05) is 0 Å². The van der Waals surface area contributed by atoms with E-state index < -0.39 is 0 Å². The first kappa shape index (κ1) is 18.3. The molecule has 0 saturated carbocycles. The van der Waals surface area contributed by atoms with Gasteiger partial charge in [0.15, 0.2) is 0 Å². The van der Waals surface area contributed by atoms with Crippen molar-refractivity contribution in [3.05, 3.63) is 10.1 Å². The Balaban J connectivity index is -0.0000000200.